The maximum absolute atomic E-state index is 2.66. The highest BCUT2D eigenvalue weighted by molar-refractivity contribution is 5.81. The molecule has 3 aliphatic rings. The molecule has 4 heteroatoms. The average Bonchev–Trinajstić information content (AvgIpc) is 3.32. The van der Waals surface area contributed by atoms with Crippen molar-refractivity contribution in [1.82, 2.24) is 9.80 Å². The van der Waals surface area contributed by atoms with E-state index in [-0.39, 0.29) is 0 Å². The normalized spacial score (nSPS) is 21.7. The summed E-state index contributed by atoms with van der Waals surface area (Å²) in [6.45, 7) is 4.65. The highest BCUT2D eigenvalue weighted by Crippen LogP contribution is 2.50. The maximum atomic E-state index is 2.66. The second-order valence-corrected chi connectivity index (χ2v) is 12.0. The number of likely N-dealkylation sites (N-methyl/N-ethyl adjacent to an activating group) is 1. The van der Waals surface area contributed by atoms with Crippen LogP contribution < -0.4 is 9.80 Å². The quantitative estimate of drug-likeness (QED) is 0.261. The van der Waals surface area contributed by atoms with Crippen LogP contribution in [0.25, 0.3) is 0 Å². The number of fused-ring (bicyclic) bond motifs is 3. The van der Waals surface area contributed by atoms with E-state index in [4.69, 9.17) is 0 Å². The third-order valence-electron chi connectivity index (χ3n) is 9.43. The molecule has 0 spiro atoms. The summed E-state index contributed by atoms with van der Waals surface area (Å²) >= 11 is 0. The number of nitrogens with zero attached hydrogens (tertiary/aromatic N) is 4. The Bertz CT molecular complexity index is 1390. The molecule has 3 aliphatic heterocycles. The molecule has 204 valence electrons. The van der Waals surface area contributed by atoms with E-state index in [1.807, 2.05) is 0 Å². The molecule has 2 atom stereocenters. The minimum Gasteiger partial charge on any atom is -0.337 e. The number of anilines is 5. The highest BCUT2D eigenvalue weighted by Gasteiger charge is 2.42. The molecular formula is C36H40N4. The van der Waals surface area contributed by atoms with Crippen LogP contribution in [-0.2, 0) is 0 Å². The summed E-state index contributed by atoms with van der Waals surface area (Å²) in [6.07, 6.45) is 3.71. The molecule has 0 saturated carbocycles. The van der Waals surface area contributed by atoms with Crippen LogP contribution in [0.15, 0.2) is 103 Å². The fourth-order valence-corrected chi connectivity index (χ4v) is 7.27. The third-order valence-corrected chi connectivity index (χ3v) is 9.43. The molecule has 4 nitrogen and oxygen atoms in total. The van der Waals surface area contributed by atoms with Crippen LogP contribution in [0.3, 0.4) is 0 Å². The van der Waals surface area contributed by atoms with Crippen LogP contribution in [0.4, 0.5) is 28.4 Å². The van der Waals surface area contributed by atoms with Gasteiger partial charge in [0.15, 0.2) is 0 Å². The van der Waals surface area contributed by atoms with Gasteiger partial charge < -0.3 is 19.6 Å². The Morgan fingerprint density at radius 3 is 1.90 bits per heavy atom. The zero-order chi connectivity index (χ0) is 27.1. The van der Waals surface area contributed by atoms with Crippen molar-refractivity contribution in [3.05, 3.63) is 114 Å². The largest absolute Gasteiger partial charge is 0.337 e. The molecule has 4 aromatic carbocycles. The van der Waals surface area contributed by atoms with Crippen molar-refractivity contribution in [2.24, 2.45) is 0 Å². The van der Waals surface area contributed by atoms with Gasteiger partial charge in [-0.25, -0.2) is 0 Å². The Morgan fingerprint density at radius 2 is 1.25 bits per heavy atom. The molecule has 3 heterocycles. The van der Waals surface area contributed by atoms with Gasteiger partial charge >= 0.3 is 0 Å². The first-order valence-electron chi connectivity index (χ1n) is 15.0. The number of hydrogen-bond donors (Lipinski definition) is 0. The average molecular weight is 529 g/mol. The first-order valence-corrected chi connectivity index (χ1v) is 15.0. The van der Waals surface area contributed by atoms with Crippen molar-refractivity contribution >= 4 is 28.4 Å². The Kier molecular flexibility index (Phi) is 6.82. The summed E-state index contributed by atoms with van der Waals surface area (Å²) in [5, 5.41) is 0. The minimum atomic E-state index is 0.496. The summed E-state index contributed by atoms with van der Waals surface area (Å²) in [5.74, 6) is 1.19. The third kappa shape index (κ3) is 4.70. The van der Waals surface area contributed by atoms with Crippen LogP contribution in [0.5, 0.6) is 0 Å². The number of hydrogen-bond acceptors (Lipinski definition) is 4. The lowest BCUT2D eigenvalue weighted by Gasteiger charge is -2.37. The first kappa shape index (κ1) is 25.4. The number of piperidine rings is 2. The molecule has 0 aromatic heterocycles. The second kappa shape index (κ2) is 10.8. The standard InChI is InChI=1S/C36H40N4/c1-37-22-19-28(20-23-37)27-13-15-31(16-14-27)40-35-18-17-32(25-33(35)34-26-38(2)24-21-36(34)40)39(29-9-5-3-6-10-29)30-11-7-4-8-12-30/h3-18,25,28,34,36H,19-24,26H2,1-2H3. The molecule has 0 N–H and O–H groups in total. The van der Waals surface area contributed by atoms with Gasteiger partial charge in [-0.15, -0.1) is 0 Å². The molecule has 4 aromatic rings. The maximum Gasteiger partial charge on any atom is 0.0466 e. The summed E-state index contributed by atoms with van der Waals surface area (Å²) in [6, 6.07) is 38.8. The van der Waals surface area contributed by atoms with Gasteiger partial charge in [0.2, 0.25) is 0 Å². The number of para-hydroxylation sites is 2. The second-order valence-electron chi connectivity index (χ2n) is 12.0. The smallest absolute Gasteiger partial charge is 0.0466 e. The molecule has 40 heavy (non-hydrogen) atoms. The van der Waals surface area contributed by atoms with Crippen LogP contribution in [0, 0.1) is 0 Å². The molecule has 0 radical (unpaired) electrons. The fraction of sp³-hybridized carbons (Fsp3) is 0.333. The Labute approximate surface area is 239 Å². The number of likely N-dealkylation sites (tertiary alicyclic amines) is 2. The van der Waals surface area contributed by atoms with Crippen LogP contribution >= 0.6 is 0 Å². The van der Waals surface area contributed by atoms with E-state index in [9.17, 15) is 0 Å². The minimum absolute atomic E-state index is 0.496. The SMILES string of the molecule is CN1CCC(c2ccc(N3c4ccc(N(c5ccccc5)c5ccccc5)cc4C4CN(C)CCC43)cc2)CC1. The van der Waals surface area contributed by atoms with Crippen LogP contribution in [-0.4, -0.2) is 56.1 Å². The van der Waals surface area contributed by atoms with Gasteiger partial charge in [0.05, 0.1) is 0 Å². The predicted molar refractivity (Wildman–Crippen MR) is 168 cm³/mol. The van der Waals surface area contributed by atoms with Crippen molar-refractivity contribution < 1.29 is 0 Å². The zero-order valence-corrected chi connectivity index (χ0v) is 23.8. The van der Waals surface area contributed by atoms with E-state index < -0.39 is 0 Å². The zero-order valence-electron chi connectivity index (χ0n) is 23.8. The van der Waals surface area contributed by atoms with Crippen molar-refractivity contribution in [2.45, 2.75) is 37.1 Å². The molecule has 7 rings (SSSR count). The topological polar surface area (TPSA) is 13.0 Å². The molecule has 2 saturated heterocycles. The monoisotopic (exact) mass is 528 g/mol. The summed E-state index contributed by atoms with van der Waals surface area (Å²) < 4.78 is 0. The highest BCUT2D eigenvalue weighted by atomic mass is 15.2. The van der Waals surface area contributed by atoms with Crippen LogP contribution in [0.2, 0.25) is 0 Å². The van der Waals surface area contributed by atoms with Crippen molar-refractivity contribution in [3.63, 3.8) is 0 Å². The summed E-state index contributed by atoms with van der Waals surface area (Å²) in [7, 11) is 4.52. The van der Waals surface area contributed by atoms with Gasteiger partial charge in [0.1, 0.15) is 0 Å². The molecular weight excluding hydrogens is 488 g/mol. The summed E-state index contributed by atoms with van der Waals surface area (Å²) in [5.41, 5.74) is 9.30. The van der Waals surface area contributed by atoms with Gasteiger partial charge in [-0.05, 0) is 125 Å². The number of benzene rings is 4. The Balaban J connectivity index is 1.26. The molecule has 2 fully saturated rings. The Morgan fingerprint density at radius 1 is 0.625 bits per heavy atom. The van der Waals surface area contributed by atoms with Crippen LogP contribution in [0.1, 0.15) is 42.2 Å². The molecule has 2 unspecified atom stereocenters. The van der Waals surface area contributed by atoms with Gasteiger partial charge in [-0.2, -0.15) is 0 Å². The first-order chi connectivity index (χ1) is 19.7. The molecule has 0 aliphatic carbocycles. The van der Waals surface area contributed by atoms with E-state index >= 15 is 0 Å². The lowest BCUT2D eigenvalue weighted by atomic mass is 9.88. The number of rotatable bonds is 5. The van der Waals surface area contributed by atoms with E-state index in [0.29, 0.717) is 17.9 Å². The van der Waals surface area contributed by atoms with Crippen molar-refractivity contribution in [2.75, 3.05) is 50.1 Å². The lowest BCUT2D eigenvalue weighted by molar-refractivity contribution is 0.236. The van der Waals surface area contributed by atoms with Crippen molar-refractivity contribution in [1.29, 1.82) is 0 Å². The van der Waals surface area contributed by atoms with Gasteiger partial charge in [-0.3, -0.25) is 0 Å². The Hall–Kier alpha value is -3.60. The fourth-order valence-electron chi connectivity index (χ4n) is 7.27. The molecule has 0 amide bonds. The van der Waals surface area contributed by atoms with Gasteiger partial charge in [-0.1, -0.05) is 48.5 Å². The van der Waals surface area contributed by atoms with E-state index in [2.05, 4.69) is 137 Å². The van der Waals surface area contributed by atoms with E-state index in [0.717, 1.165) is 13.1 Å². The molecule has 0 bridgehead atoms. The predicted octanol–water partition coefficient (Wildman–Crippen LogP) is 7.91. The summed E-state index contributed by atoms with van der Waals surface area (Å²) in [4.78, 5) is 10.0. The van der Waals surface area contributed by atoms with Crippen molar-refractivity contribution in [3.8, 4) is 0 Å². The van der Waals surface area contributed by atoms with Gasteiger partial charge in [0.25, 0.3) is 0 Å². The lowest BCUT2D eigenvalue weighted by Crippen LogP contribution is -2.43. The van der Waals surface area contributed by atoms with E-state index in [1.54, 1.807) is 0 Å². The van der Waals surface area contributed by atoms with Gasteiger partial charge in [0, 0.05) is 46.9 Å². The van der Waals surface area contributed by atoms with E-state index in [1.165, 1.54) is 71.9 Å².